The molecule has 224 valence electrons. The van der Waals surface area contributed by atoms with E-state index >= 15 is 0 Å². The zero-order valence-corrected chi connectivity index (χ0v) is 22.5. The highest BCUT2D eigenvalue weighted by molar-refractivity contribution is 5.80. The van der Waals surface area contributed by atoms with Crippen LogP contribution in [0.2, 0.25) is 0 Å². The van der Waals surface area contributed by atoms with E-state index in [2.05, 4.69) is 20.7 Å². The largest absolute Gasteiger partial charge is 0.522 e. The Balaban J connectivity index is 1.19. The maximum absolute atomic E-state index is 13.2. The molecular formula is C25H41F6N7O. The summed E-state index contributed by atoms with van der Waals surface area (Å²) in [5.74, 6) is 0.504. The van der Waals surface area contributed by atoms with Gasteiger partial charge in [0.25, 0.3) is 0 Å². The van der Waals surface area contributed by atoms with Gasteiger partial charge in [0.05, 0.1) is 24.5 Å². The van der Waals surface area contributed by atoms with E-state index < -0.39 is 24.7 Å². The SMILES string of the molecule is CN1CC(C(F)(F)F)NC1C1CCC(CN2C(=N)N(C)C3CNC(C4CCCCC4OC(F)(F)F)NC32)CC1. The molecule has 0 spiro atoms. The Bertz CT molecular complexity index is 867. The molecule has 4 N–H and O–H groups in total. The molecule has 0 aromatic heterocycles. The van der Waals surface area contributed by atoms with Crippen LogP contribution in [0.3, 0.4) is 0 Å². The number of ether oxygens (including phenoxy) is 1. The van der Waals surface area contributed by atoms with Crippen molar-refractivity contribution in [3.05, 3.63) is 0 Å². The lowest BCUT2D eigenvalue weighted by atomic mass is 9.80. The third-order valence-electron chi connectivity index (χ3n) is 9.67. The van der Waals surface area contributed by atoms with Gasteiger partial charge in [-0.2, -0.15) is 13.2 Å². The normalized spacial score (nSPS) is 40.8. The summed E-state index contributed by atoms with van der Waals surface area (Å²) in [6.45, 7) is 1.16. The van der Waals surface area contributed by atoms with Crippen LogP contribution in [-0.2, 0) is 4.74 Å². The minimum Gasteiger partial charge on any atom is -0.338 e. The average molecular weight is 570 g/mol. The Morgan fingerprint density at radius 1 is 0.923 bits per heavy atom. The summed E-state index contributed by atoms with van der Waals surface area (Å²) in [6.07, 6.45) is -4.72. The van der Waals surface area contributed by atoms with Crippen LogP contribution in [0.4, 0.5) is 26.3 Å². The van der Waals surface area contributed by atoms with Gasteiger partial charge in [-0.1, -0.05) is 12.8 Å². The first kappa shape index (κ1) is 29.2. The molecule has 0 radical (unpaired) electrons. The number of likely N-dealkylation sites (N-methyl/N-ethyl adjacent to an activating group) is 2. The van der Waals surface area contributed by atoms with Gasteiger partial charge in [0.2, 0.25) is 0 Å². The number of rotatable bonds is 5. The zero-order valence-electron chi connectivity index (χ0n) is 22.5. The predicted molar refractivity (Wildman–Crippen MR) is 132 cm³/mol. The van der Waals surface area contributed by atoms with Crippen molar-refractivity contribution >= 4 is 5.96 Å². The molecule has 8 nitrogen and oxygen atoms in total. The Labute approximate surface area is 225 Å². The van der Waals surface area contributed by atoms with Gasteiger partial charge in [0.15, 0.2) is 5.96 Å². The van der Waals surface area contributed by atoms with Crippen LogP contribution in [0, 0.1) is 23.2 Å². The fourth-order valence-corrected chi connectivity index (χ4v) is 7.60. The van der Waals surface area contributed by atoms with E-state index in [1.807, 2.05) is 16.8 Å². The average Bonchev–Trinajstić information content (AvgIpc) is 3.37. The van der Waals surface area contributed by atoms with Gasteiger partial charge in [-0.25, -0.2) is 0 Å². The first-order valence-corrected chi connectivity index (χ1v) is 14.2. The molecule has 2 aliphatic carbocycles. The second kappa shape index (κ2) is 11.1. The molecule has 0 aromatic carbocycles. The van der Waals surface area contributed by atoms with Crippen LogP contribution in [-0.4, -0.2) is 104 Å². The lowest BCUT2D eigenvalue weighted by Gasteiger charge is -2.45. The Kier molecular flexibility index (Phi) is 8.33. The van der Waals surface area contributed by atoms with Crippen LogP contribution in [0.25, 0.3) is 0 Å². The molecule has 14 heteroatoms. The highest BCUT2D eigenvalue weighted by atomic mass is 19.4. The van der Waals surface area contributed by atoms with Gasteiger partial charge in [0.1, 0.15) is 12.2 Å². The summed E-state index contributed by atoms with van der Waals surface area (Å²) in [7, 11) is 3.61. The van der Waals surface area contributed by atoms with Crippen molar-refractivity contribution in [2.75, 3.05) is 33.7 Å². The number of guanidine groups is 1. The molecule has 3 saturated heterocycles. The topological polar surface area (TPSA) is 78.9 Å². The molecule has 0 aromatic rings. The van der Waals surface area contributed by atoms with Gasteiger partial charge < -0.3 is 9.80 Å². The van der Waals surface area contributed by atoms with E-state index in [9.17, 15) is 26.3 Å². The quantitative estimate of drug-likeness (QED) is 0.379. The van der Waals surface area contributed by atoms with E-state index in [0.717, 1.165) is 32.1 Å². The van der Waals surface area contributed by atoms with Crippen molar-refractivity contribution in [1.82, 2.24) is 30.7 Å². The fourth-order valence-electron chi connectivity index (χ4n) is 7.60. The number of alkyl halides is 6. The lowest BCUT2D eigenvalue weighted by Crippen LogP contribution is -2.68. The standard InChI is InChI=1S/C25H41F6N7O/c1-36-13-19(24(26,27)28)34-21(36)15-9-7-14(8-10-15)12-38-22-17(37(2)23(38)32)11-33-20(35-22)16-5-3-4-6-18(16)39-25(29,30)31/h14-22,32-35H,3-13H2,1-2H3. The minimum atomic E-state index is -4.67. The molecule has 39 heavy (non-hydrogen) atoms. The van der Waals surface area contributed by atoms with E-state index in [4.69, 9.17) is 5.41 Å². The monoisotopic (exact) mass is 569 g/mol. The zero-order chi connectivity index (χ0) is 28.1. The molecule has 0 amide bonds. The van der Waals surface area contributed by atoms with Gasteiger partial charge >= 0.3 is 12.5 Å². The summed E-state index contributed by atoms with van der Waals surface area (Å²) >= 11 is 0. The number of halogens is 6. The molecule has 5 aliphatic rings. The highest BCUT2D eigenvalue weighted by Gasteiger charge is 2.50. The number of fused-ring (bicyclic) bond motifs is 1. The van der Waals surface area contributed by atoms with Crippen molar-refractivity contribution < 1.29 is 31.1 Å². The number of nitrogens with zero attached hydrogens (tertiary/aromatic N) is 3. The molecule has 5 rings (SSSR count). The summed E-state index contributed by atoms with van der Waals surface area (Å²) in [6, 6.07) is -1.52. The second-order valence-electron chi connectivity index (χ2n) is 12.1. The molecule has 2 saturated carbocycles. The van der Waals surface area contributed by atoms with Crippen LogP contribution in [0.15, 0.2) is 0 Å². The van der Waals surface area contributed by atoms with Crippen molar-refractivity contribution in [3.8, 4) is 0 Å². The van der Waals surface area contributed by atoms with Crippen molar-refractivity contribution in [2.24, 2.45) is 17.8 Å². The highest BCUT2D eigenvalue weighted by Crippen LogP contribution is 2.38. The van der Waals surface area contributed by atoms with E-state index in [1.54, 1.807) is 11.9 Å². The third-order valence-corrected chi connectivity index (χ3v) is 9.67. The van der Waals surface area contributed by atoms with Gasteiger partial charge in [0, 0.05) is 32.6 Å². The molecule has 0 bridgehead atoms. The fraction of sp³-hybridized carbons (Fsp3) is 0.960. The Morgan fingerprint density at radius 3 is 2.26 bits per heavy atom. The maximum Gasteiger partial charge on any atom is 0.522 e. The van der Waals surface area contributed by atoms with Gasteiger partial charge in [-0.15, -0.1) is 13.2 Å². The minimum absolute atomic E-state index is 0.0219. The van der Waals surface area contributed by atoms with E-state index in [0.29, 0.717) is 44.2 Å². The summed E-state index contributed by atoms with van der Waals surface area (Å²) in [4.78, 5) is 5.72. The predicted octanol–water partition coefficient (Wildman–Crippen LogP) is 3.08. The molecule has 5 fully saturated rings. The lowest BCUT2D eigenvalue weighted by molar-refractivity contribution is -0.352. The summed E-state index contributed by atoms with van der Waals surface area (Å²) < 4.78 is 83.4. The molecule has 3 aliphatic heterocycles. The molecule has 7 unspecified atom stereocenters. The van der Waals surface area contributed by atoms with Crippen LogP contribution in [0.5, 0.6) is 0 Å². The van der Waals surface area contributed by atoms with Gasteiger partial charge in [-0.3, -0.25) is 31.0 Å². The van der Waals surface area contributed by atoms with Crippen molar-refractivity contribution in [1.29, 1.82) is 5.41 Å². The maximum atomic E-state index is 13.2. The van der Waals surface area contributed by atoms with Crippen LogP contribution < -0.4 is 16.0 Å². The second-order valence-corrected chi connectivity index (χ2v) is 12.1. The Hall–Kier alpha value is -1.35. The molecular weight excluding hydrogens is 528 g/mol. The van der Waals surface area contributed by atoms with E-state index in [1.165, 1.54) is 0 Å². The number of nitrogens with one attached hydrogen (secondary N) is 4. The van der Waals surface area contributed by atoms with Crippen LogP contribution in [0.1, 0.15) is 51.4 Å². The van der Waals surface area contributed by atoms with E-state index in [-0.39, 0.29) is 42.9 Å². The number of hydrogen-bond acceptors (Lipinski definition) is 6. The summed E-state index contributed by atoms with van der Waals surface area (Å²) in [5, 5.41) is 18.5. The van der Waals surface area contributed by atoms with Crippen molar-refractivity contribution in [3.63, 3.8) is 0 Å². The van der Waals surface area contributed by atoms with Gasteiger partial charge in [-0.05, 0) is 57.4 Å². The smallest absolute Gasteiger partial charge is 0.338 e. The number of hydrogen-bond donors (Lipinski definition) is 4. The Morgan fingerprint density at radius 2 is 1.62 bits per heavy atom. The first-order chi connectivity index (χ1) is 18.3. The van der Waals surface area contributed by atoms with Crippen molar-refractivity contribution in [2.45, 2.75) is 101 Å². The molecule has 3 heterocycles. The first-order valence-electron chi connectivity index (χ1n) is 14.2. The summed E-state index contributed by atoms with van der Waals surface area (Å²) in [5.41, 5.74) is 0. The third kappa shape index (κ3) is 6.29. The molecule has 7 atom stereocenters. The van der Waals surface area contributed by atoms with Crippen LogP contribution >= 0.6 is 0 Å².